The minimum atomic E-state index is -0.166. The predicted molar refractivity (Wildman–Crippen MR) is 81.2 cm³/mol. The third-order valence-corrected chi connectivity index (χ3v) is 4.61. The molecule has 0 radical (unpaired) electrons. The zero-order valence-electron chi connectivity index (χ0n) is 12.0. The van der Waals surface area contributed by atoms with Crippen LogP contribution in [0.1, 0.15) is 12.0 Å². The van der Waals surface area contributed by atoms with E-state index in [1.165, 1.54) is 5.75 Å². The Morgan fingerprint density at radius 3 is 2.75 bits per heavy atom. The largest absolute Gasteiger partial charge is 0.497 e. The first kappa shape index (κ1) is 15.2. The molecule has 1 aromatic rings. The van der Waals surface area contributed by atoms with Gasteiger partial charge in [0.1, 0.15) is 12.4 Å². The van der Waals surface area contributed by atoms with Crippen molar-refractivity contribution in [1.29, 1.82) is 0 Å². The monoisotopic (exact) mass is 295 g/mol. The van der Waals surface area contributed by atoms with Gasteiger partial charge in [0, 0.05) is 11.8 Å². The molecule has 1 heterocycles. The SMILES string of the molecule is COc1ccc(COC(=O)CN(C)[C@H]2CCSC2)cc1. The van der Waals surface area contributed by atoms with Crippen LogP contribution in [0.15, 0.2) is 24.3 Å². The van der Waals surface area contributed by atoms with E-state index >= 15 is 0 Å². The van der Waals surface area contributed by atoms with Crippen molar-refractivity contribution < 1.29 is 14.3 Å². The molecule has 1 aliphatic heterocycles. The van der Waals surface area contributed by atoms with E-state index in [1.54, 1.807) is 7.11 Å². The molecule has 0 spiro atoms. The zero-order valence-corrected chi connectivity index (χ0v) is 12.8. The fraction of sp³-hybridized carbons (Fsp3) is 0.533. The van der Waals surface area contributed by atoms with Crippen molar-refractivity contribution in [3.8, 4) is 5.75 Å². The van der Waals surface area contributed by atoms with E-state index < -0.39 is 0 Å². The van der Waals surface area contributed by atoms with E-state index in [0.29, 0.717) is 19.2 Å². The molecule has 0 N–H and O–H groups in total. The van der Waals surface area contributed by atoms with Gasteiger partial charge >= 0.3 is 5.97 Å². The quantitative estimate of drug-likeness (QED) is 0.752. The maximum absolute atomic E-state index is 11.8. The lowest BCUT2D eigenvalue weighted by Gasteiger charge is -2.22. The van der Waals surface area contributed by atoms with Gasteiger partial charge in [0.2, 0.25) is 0 Å². The maximum Gasteiger partial charge on any atom is 0.320 e. The highest BCUT2D eigenvalue weighted by atomic mass is 32.2. The third kappa shape index (κ3) is 4.42. The second kappa shape index (κ2) is 7.55. The number of esters is 1. The van der Waals surface area contributed by atoms with Crippen LogP contribution in [-0.2, 0) is 16.1 Å². The molecule has 0 aromatic heterocycles. The summed E-state index contributed by atoms with van der Waals surface area (Å²) in [5, 5.41) is 0. The van der Waals surface area contributed by atoms with E-state index in [9.17, 15) is 4.79 Å². The molecule has 1 aromatic carbocycles. The van der Waals surface area contributed by atoms with E-state index in [4.69, 9.17) is 9.47 Å². The van der Waals surface area contributed by atoms with Crippen molar-refractivity contribution in [1.82, 2.24) is 4.90 Å². The fourth-order valence-electron chi connectivity index (χ4n) is 2.13. The number of carbonyl (C=O) groups excluding carboxylic acids is 1. The summed E-state index contributed by atoms with van der Waals surface area (Å²) in [6.45, 7) is 0.678. The molecule has 4 nitrogen and oxygen atoms in total. The smallest absolute Gasteiger partial charge is 0.320 e. The summed E-state index contributed by atoms with van der Waals surface area (Å²) in [7, 11) is 3.62. The first-order valence-electron chi connectivity index (χ1n) is 6.75. The molecule has 1 aliphatic rings. The van der Waals surface area contributed by atoms with Crippen LogP contribution >= 0.6 is 11.8 Å². The second-order valence-electron chi connectivity index (χ2n) is 4.94. The Labute approximate surface area is 124 Å². The summed E-state index contributed by atoms with van der Waals surface area (Å²) >= 11 is 1.95. The van der Waals surface area contributed by atoms with Gasteiger partial charge in [-0.2, -0.15) is 11.8 Å². The summed E-state index contributed by atoms with van der Waals surface area (Å²) in [6, 6.07) is 8.05. The third-order valence-electron chi connectivity index (χ3n) is 3.47. The number of hydrogen-bond acceptors (Lipinski definition) is 5. The van der Waals surface area contributed by atoms with Crippen molar-refractivity contribution in [2.24, 2.45) is 0 Å². The number of methoxy groups -OCH3 is 1. The molecule has 1 fully saturated rings. The van der Waals surface area contributed by atoms with E-state index in [-0.39, 0.29) is 5.97 Å². The van der Waals surface area contributed by atoms with Crippen molar-refractivity contribution in [2.75, 3.05) is 32.2 Å². The average molecular weight is 295 g/mol. The lowest BCUT2D eigenvalue weighted by atomic mass is 10.2. The van der Waals surface area contributed by atoms with Crippen molar-refractivity contribution in [2.45, 2.75) is 19.1 Å². The summed E-state index contributed by atoms with van der Waals surface area (Å²) in [5.74, 6) is 2.94. The van der Waals surface area contributed by atoms with E-state index in [2.05, 4.69) is 4.90 Å². The number of rotatable bonds is 6. The number of benzene rings is 1. The molecule has 2 rings (SSSR count). The minimum absolute atomic E-state index is 0.166. The van der Waals surface area contributed by atoms with Crippen molar-refractivity contribution in [3.63, 3.8) is 0 Å². The fourth-order valence-corrected chi connectivity index (χ4v) is 3.43. The van der Waals surface area contributed by atoms with Crippen LogP contribution in [0.25, 0.3) is 0 Å². The Morgan fingerprint density at radius 1 is 1.40 bits per heavy atom. The summed E-state index contributed by atoms with van der Waals surface area (Å²) in [6.07, 6.45) is 1.16. The molecule has 5 heteroatoms. The number of hydrogen-bond donors (Lipinski definition) is 0. The van der Waals surface area contributed by atoms with Gasteiger partial charge in [0.05, 0.1) is 13.7 Å². The number of ether oxygens (including phenoxy) is 2. The molecule has 0 aliphatic carbocycles. The Hall–Kier alpha value is -1.20. The van der Waals surface area contributed by atoms with Crippen LogP contribution in [0.3, 0.4) is 0 Å². The van der Waals surface area contributed by atoms with Gasteiger partial charge in [0.25, 0.3) is 0 Å². The Bertz CT molecular complexity index is 429. The van der Waals surface area contributed by atoms with Gasteiger partial charge in [0.15, 0.2) is 0 Å². The van der Waals surface area contributed by atoms with Gasteiger partial charge in [-0.25, -0.2) is 0 Å². The predicted octanol–water partition coefficient (Wildman–Crippen LogP) is 2.18. The first-order valence-corrected chi connectivity index (χ1v) is 7.91. The number of carbonyl (C=O) groups is 1. The molecular formula is C15H21NO3S. The van der Waals surface area contributed by atoms with Gasteiger partial charge in [-0.3, -0.25) is 9.69 Å². The average Bonchev–Trinajstić information content (AvgIpc) is 3.00. The Kier molecular flexibility index (Phi) is 5.73. The summed E-state index contributed by atoms with van der Waals surface area (Å²) < 4.78 is 10.4. The van der Waals surface area contributed by atoms with Gasteiger partial charge in [-0.05, 0) is 36.9 Å². The zero-order chi connectivity index (χ0) is 14.4. The summed E-state index contributed by atoms with van der Waals surface area (Å²) in [4.78, 5) is 13.9. The van der Waals surface area contributed by atoms with Crippen LogP contribution in [-0.4, -0.2) is 49.1 Å². The van der Waals surface area contributed by atoms with Gasteiger partial charge in [-0.15, -0.1) is 0 Å². The van der Waals surface area contributed by atoms with E-state index in [0.717, 1.165) is 23.5 Å². The molecular weight excluding hydrogens is 274 g/mol. The lowest BCUT2D eigenvalue weighted by molar-refractivity contribution is -0.146. The number of nitrogens with zero attached hydrogens (tertiary/aromatic N) is 1. The molecule has 1 saturated heterocycles. The molecule has 1 atom stereocenters. The minimum Gasteiger partial charge on any atom is -0.497 e. The molecule has 0 saturated carbocycles. The van der Waals surface area contributed by atoms with Crippen LogP contribution in [0.5, 0.6) is 5.75 Å². The van der Waals surface area contributed by atoms with Gasteiger partial charge < -0.3 is 9.47 Å². The Balaban J connectivity index is 1.73. The highest BCUT2D eigenvalue weighted by Gasteiger charge is 2.22. The van der Waals surface area contributed by atoms with E-state index in [1.807, 2.05) is 43.1 Å². The van der Waals surface area contributed by atoms with Crippen LogP contribution in [0.2, 0.25) is 0 Å². The van der Waals surface area contributed by atoms with Gasteiger partial charge in [-0.1, -0.05) is 12.1 Å². The van der Waals surface area contributed by atoms with Crippen LogP contribution in [0, 0.1) is 0 Å². The molecule has 0 unspecified atom stereocenters. The van der Waals surface area contributed by atoms with Crippen molar-refractivity contribution >= 4 is 17.7 Å². The second-order valence-corrected chi connectivity index (χ2v) is 6.09. The standard InChI is InChI=1S/C15H21NO3S/c1-16(13-7-8-20-11-13)9-15(17)19-10-12-3-5-14(18-2)6-4-12/h3-6,13H,7-11H2,1-2H3/t13-/m0/s1. The topological polar surface area (TPSA) is 38.8 Å². The number of likely N-dealkylation sites (N-methyl/N-ethyl adjacent to an activating group) is 1. The molecule has 110 valence electrons. The molecule has 20 heavy (non-hydrogen) atoms. The Morgan fingerprint density at radius 2 is 2.15 bits per heavy atom. The molecule has 0 amide bonds. The first-order chi connectivity index (χ1) is 9.69. The van der Waals surface area contributed by atoms with Crippen LogP contribution < -0.4 is 4.74 Å². The van der Waals surface area contributed by atoms with Crippen LogP contribution in [0.4, 0.5) is 0 Å². The lowest BCUT2D eigenvalue weighted by Crippen LogP contribution is -2.36. The highest BCUT2D eigenvalue weighted by molar-refractivity contribution is 7.99. The highest BCUT2D eigenvalue weighted by Crippen LogP contribution is 2.21. The van der Waals surface area contributed by atoms with Crippen molar-refractivity contribution in [3.05, 3.63) is 29.8 Å². The maximum atomic E-state index is 11.8. The normalized spacial score (nSPS) is 18.2. The summed E-state index contributed by atoms with van der Waals surface area (Å²) in [5.41, 5.74) is 0.971. The molecule has 0 bridgehead atoms. The number of thioether (sulfide) groups is 1.